The zero-order chi connectivity index (χ0) is 13.2. The quantitative estimate of drug-likeness (QED) is 0.768. The zero-order valence-corrected chi connectivity index (χ0v) is 11.3. The second-order valence-corrected chi connectivity index (χ2v) is 5.92. The van der Waals surface area contributed by atoms with E-state index in [1.807, 2.05) is 0 Å². The molecule has 0 aromatic rings. The van der Waals surface area contributed by atoms with E-state index in [1.165, 1.54) is 6.92 Å². The Bertz CT molecular complexity index is 282. The van der Waals surface area contributed by atoms with E-state index in [2.05, 4.69) is 20.8 Å². The maximum atomic E-state index is 11.6. The van der Waals surface area contributed by atoms with Crippen LogP contribution in [0, 0.1) is 29.6 Å². The van der Waals surface area contributed by atoms with E-state index in [-0.39, 0.29) is 11.7 Å². The summed E-state index contributed by atoms with van der Waals surface area (Å²) in [6, 6.07) is 0. The van der Waals surface area contributed by atoms with Crippen LogP contribution in [0.1, 0.15) is 47.0 Å². The molecule has 0 aromatic carbocycles. The number of carbonyl (C=O) groups is 2. The van der Waals surface area contributed by atoms with Crippen molar-refractivity contribution in [3.63, 3.8) is 0 Å². The highest BCUT2D eigenvalue weighted by atomic mass is 16.4. The predicted molar refractivity (Wildman–Crippen MR) is 66.6 cm³/mol. The van der Waals surface area contributed by atoms with E-state index in [4.69, 9.17) is 0 Å². The standard InChI is InChI=1S/C14H24O3/c1-8(2)11-6-5-9(3)7-12(11)13(10(4)15)14(16)17/h8-9,11-13H,5-7H2,1-4H3,(H,16,17). The molecule has 1 rings (SSSR count). The summed E-state index contributed by atoms with van der Waals surface area (Å²) in [5, 5.41) is 9.26. The molecular formula is C14H24O3. The Morgan fingerprint density at radius 1 is 1.18 bits per heavy atom. The van der Waals surface area contributed by atoms with Gasteiger partial charge in [-0.25, -0.2) is 0 Å². The maximum absolute atomic E-state index is 11.6. The summed E-state index contributed by atoms with van der Waals surface area (Å²) >= 11 is 0. The summed E-state index contributed by atoms with van der Waals surface area (Å²) in [6.45, 7) is 7.83. The molecule has 1 saturated carbocycles. The van der Waals surface area contributed by atoms with Gasteiger partial charge in [0.2, 0.25) is 0 Å². The normalized spacial score (nSPS) is 31.2. The highest BCUT2D eigenvalue weighted by Crippen LogP contribution is 2.42. The minimum Gasteiger partial charge on any atom is -0.481 e. The molecule has 1 aliphatic carbocycles. The third kappa shape index (κ3) is 3.30. The van der Waals surface area contributed by atoms with Crippen LogP contribution in [0.5, 0.6) is 0 Å². The zero-order valence-electron chi connectivity index (χ0n) is 11.3. The van der Waals surface area contributed by atoms with Crippen molar-refractivity contribution < 1.29 is 14.7 Å². The summed E-state index contributed by atoms with van der Waals surface area (Å²) in [5.74, 6) is -0.551. The highest BCUT2D eigenvalue weighted by Gasteiger charge is 2.41. The SMILES string of the molecule is CC(=O)C(C(=O)O)C1CC(C)CCC1C(C)C. The van der Waals surface area contributed by atoms with Crippen molar-refractivity contribution in [3.8, 4) is 0 Å². The molecule has 0 aromatic heterocycles. The Labute approximate surface area is 104 Å². The minimum atomic E-state index is -0.942. The summed E-state index contributed by atoms with van der Waals surface area (Å²) in [6.07, 6.45) is 3.09. The molecule has 0 radical (unpaired) electrons. The van der Waals surface area contributed by atoms with Gasteiger partial charge in [-0.15, -0.1) is 0 Å². The summed E-state index contributed by atoms with van der Waals surface area (Å²) in [4.78, 5) is 22.9. The number of carboxylic acids is 1. The Kier molecular flexibility index (Phi) is 4.72. The summed E-state index contributed by atoms with van der Waals surface area (Å²) < 4.78 is 0. The molecule has 0 spiro atoms. The lowest BCUT2D eigenvalue weighted by Crippen LogP contribution is -2.39. The number of carbonyl (C=O) groups excluding carboxylic acids is 1. The van der Waals surface area contributed by atoms with E-state index in [0.717, 1.165) is 19.3 Å². The third-order valence-corrected chi connectivity index (χ3v) is 4.21. The van der Waals surface area contributed by atoms with Gasteiger partial charge in [-0.2, -0.15) is 0 Å². The number of aliphatic carboxylic acids is 1. The Hall–Kier alpha value is -0.860. The lowest BCUT2D eigenvalue weighted by atomic mass is 9.64. The first-order valence-electron chi connectivity index (χ1n) is 6.57. The summed E-state index contributed by atoms with van der Waals surface area (Å²) in [5.41, 5.74) is 0. The van der Waals surface area contributed by atoms with Gasteiger partial charge in [0.05, 0.1) is 0 Å². The lowest BCUT2D eigenvalue weighted by molar-refractivity contribution is -0.150. The van der Waals surface area contributed by atoms with Crippen LogP contribution in [0.25, 0.3) is 0 Å². The molecule has 4 atom stereocenters. The third-order valence-electron chi connectivity index (χ3n) is 4.21. The number of ketones is 1. The van der Waals surface area contributed by atoms with Gasteiger partial charge in [-0.1, -0.05) is 27.2 Å². The molecular weight excluding hydrogens is 216 g/mol. The molecule has 0 heterocycles. The smallest absolute Gasteiger partial charge is 0.314 e. The van der Waals surface area contributed by atoms with Gasteiger partial charge in [0.15, 0.2) is 0 Å². The van der Waals surface area contributed by atoms with Crippen LogP contribution < -0.4 is 0 Å². The van der Waals surface area contributed by atoms with Crippen LogP contribution in [0.3, 0.4) is 0 Å². The number of Topliss-reactive ketones (excluding diaryl/α,β-unsaturated/α-hetero) is 1. The molecule has 3 heteroatoms. The predicted octanol–water partition coefficient (Wildman–Crippen LogP) is 2.98. The first-order chi connectivity index (χ1) is 7.84. The van der Waals surface area contributed by atoms with E-state index in [9.17, 15) is 14.7 Å². The maximum Gasteiger partial charge on any atom is 0.314 e. The molecule has 1 fully saturated rings. The van der Waals surface area contributed by atoms with Crippen LogP contribution >= 0.6 is 0 Å². The van der Waals surface area contributed by atoms with Crippen molar-refractivity contribution in [2.45, 2.75) is 47.0 Å². The van der Waals surface area contributed by atoms with Crippen molar-refractivity contribution in [3.05, 3.63) is 0 Å². The fourth-order valence-corrected chi connectivity index (χ4v) is 3.32. The van der Waals surface area contributed by atoms with E-state index in [0.29, 0.717) is 17.8 Å². The van der Waals surface area contributed by atoms with Crippen molar-refractivity contribution in [1.29, 1.82) is 0 Å². The van der Waals surface area contributed by atoms with Crippen LogP contribution in [0.15, 0.2) is 0 Å². The van der Waals surface area contributed by atoms with Crippen molar-refractivity contribution in [2.75, 3.05) is 0 Å². The van der Waals surface area contributed by atoms with Gasteiger partial charge < -0.3 is 5.11 Å². The second-order valence-electron chi connectivity index (χ2n) is 5.92. The van der Waals surface area contributed by atoms with Crippen LogP contribution in [-0.2, 0) is 9.59 Å². The largest absolute Gasteiger partial charge is 0.481 e. The molecule has 3 nitrogen and oxygen atoms in total. The van der Waals surface area contributed by atoms with Gasteiger partial charge >= 0.3 is 5.97 Å². The molecule has 98 valence electrons. The number of hydrogen-bond donors (Lipinski definition) is 1. The van der Waals surface area contributed by atoms with Crippen LogP contribution in [0.2, 0.25) is 0 Å². The topological polar surface area (TPSA) is 54.4 Å². The molecule has 0 amide bonds. The number of hydrogen-bond acceptors (Lipinski definition) is 2. The fraction of sp³-hybridized carbons (Fsp3) is 0.857. The lowest BCUT2D eigenvalue weighted by Gasteiger charge is -2.39. The van der Waals surface area contributed by atoms with Gasteiger partial charge in [0.1, 0.15) is 11.7 Å². The second kappa shape index (κ2) is 5.65. The van der Waals surface area contributed by atoms with Crippen LogP contribution in [-0.4, -0.2) is 16.9 Å². The Morgan fingerprint density at radius 3 is 2.18 bits per heavy atom. The van der Waals surface area contributed by atoms with Crippen molar-refractivity contribution >= 4 is 11.8 Å². The molecule has 1 aliphatic rings. The molecule has 0 bridgehead atoms. The molecule has 0 aliphatic heterocycles. The van der Waals surface area contributed by atoms with Crippen molar-refractivity contribution in [2.24, 2.45) is 29.6 Å². The number of carboxylic acid groups (broad SMARTS) is 1. The Morgan fingerprint density at radius 2 is 1.76 bits per heavy atom. The molecule has 0 saturated heterocycles. The van der Waals surface area contributed by atoms with Crippen molar-refractivity contribution in [1.82, 2.24) is 0 Å². The van der Waals surface area contributed by atoms with Gasteiger partial charge in [0.25, 0.3) is 0 Å². The number of rotatable bonds is 4. The first kappa shape index (κ1) is 14.2. The summed E-state index contributed by atoms with van der Waals surface area (Å²) in [7, 11) is 0. The van der Waals surface area contributed by atoms with Gasteiger partial charge in [0, 0.05) is 0 Å². The minimum absolute atomic E-state index is 0.0220. The van der Waals surface area contributed by atoms with Crippen LogP contribution in [0.4, 0.5) is 0 Å². The average molecular weight is 240 g/mol. The molecule has 4 unspecified atom stereocenters. The fourth-order valence-electron chi connectivity index (χ4n) is 3.32. The van der Waals surface area contributed by atoms with E-state index in [1.54, 1.807) is 0 Å². The highest BCUT2D eigenvalue weighted by molar-refractivity contribution is 5.97. The monoisotopic (exact) mass is 240 g/mol. The van der Waals surface area contributed by atoms with Gasteiger partial charge in [-0.3, -0.25) is 9.59 Å². The average Bonchev–Trinajstić information content (AvgIpc) is 2.15. The van der Waals surface area contributed by atoms with Gasteiger partial charge in [-0.05, 0) is 43.4 Å². The van der Waals surface area contributed by atoms with E-state index < -0.39 is 11.9 Å². The molecule has 1 N–H and O–H groups in total. The molecule has 17 heavy (non-hydrogen) atoms. The Balaban J connectivity index is 2.94. The van der Waals surface area contributed by atoms with E-state index >= 15 is 0 Å². The first-order valence-corrected chi connectivity index (χ1v) is 6.57.